The van der Waals surface area contributed by atoms with Gasteiger partial charge in [-0.05, 0) is 43.9 Å². The number of allylic oxidation sites excluding steroid dienone is 3. The van der Waals surface area contributed by atoms with Crippen LogP contribution in [-0.4, -0.2) is 11.9 Å². The van der Waals surface area contributed by atoms with Gasteiger partial charge in [-0.3, -0.25) is 9.59 Å². The van der Waals surface area contributed by atoms with Gasteiger partial charge in [0.2, 0.25) is 0 Å². The lowest BCUT2D eigenvalue weighted by atomic mass is 9.86. The molecular weight excluding hydrogens is 292 g/mol. The molecule has 4 heteroatoms. The van der Waals surface area contributed by atoms with Gasteiger partial charge in [0, 0.05) is 30.9 Å². The molecule has 23 heavy (non-hydrogen) atoms. The van der Waals surface area contributed by atoms with Gasteiger partial charge < -0.3 is 9.47 Å². The first-order chi connectivity index (χ1) is 10.9. The van der Waals surface area contributed by atoms with E-state index in [1.54, 1.807) is 12.1 Å². The van der Waals surface area contributed by atoms with Crippen LogP contribution < -0.4 is 9.47 Å². The van der Waals surface area contributed by atoms with Crippen molar-refractivity contribution in [2.75, 3.05) is 0 Å². The van der Waals surface area contributed by atoms with E-state index in [1.807, 2.05) is 6.92 Å². The molecule has 4 nitrogen and oxygen atoms in total. The van der Waals surface area contributed by atoms with E-state index in [0.717, 1.165) is 36.0 Å². The van der Waals surface area contributed by atoms with Crippen molar-refractivity contribution < 1.29 is 19.1 Å². The summed E-state index contributed by atoms with van der Waals surface area (Å²) in [5.74, 6) is 0.124. The second kappa shape index (κ2) is 7.27. The molecule has 1 atom stereocenters. The Bertz CT molecular complexity index is 670. The van der Waals surface area contributed by atoms with Crippen LogP contribution in [0.3, 0.4) is 0 Å². The number of carbonyl (C=O) groups excluding carboxylic acids is 2. The van der Waals surface area contributed by atoms with Gasteiger partial charge in [0.05, 0.1) is 0 Å². The lowest BCUT2D eigenvalue weighted by molar-refractivity contribution is -0.132. The first-order valence-electron chi connectivity index (χ1n) is 7.76. The zero-order valence-electron chi connectivity index (χ0n) is 13.8. The molecule has 0 aliphatic heterocycles. The summed E-state index contributed by atoms with van der Waals surface area (Å²) in [4.78, 5) is 23.0. The van der Waals surface area contributed by atoms with Gasteiger partial charge in [-0.15, -0.1) is 0 Å². The summed E-state index contributed by atoms with van der Waals surface area (Å²) in [6, 6.07) is 3.52. The molecule has 0 heterocycles. The van der Waals surface area contributed by atoms with Crippen LogP contribution in [0.25, 0.3) is 5.57 Å². The van der Waals surface area contributed by atoms with Gasteiger partial charge in [-0.2, -0.15) is 0 Å². The molecule has 0 amide bonds. The summed E-state index contributed by atoms with van der Waals surface area (Å²) in [6.45, 7) is 8.53. The van der Waals surface area contributed by atoms with Crippen molar-refractivity contribution in [2.45, 2.75) is 46.0 Å². The van der Waals surface area contributed by atoms with E-state index in [4.69, 9.17) is 9.47 Å². The maximum Gasteiger partial charge on any atom is 0.308 e. The Morgan fingerprint density at radius 2 is 1.83 bits per heavy atom. The Hall–Kier alpha value is -2.36. The van der Waals surface area contributed by atoms with Crippen molar-refractivity contribution in [3.63, 3.8) is 0 Å². The van der Waals surface area contributed by atoms with Crippen molar-refractivity contribution in [1.82, 2.24) is 0 Å². The molecule has 0 fully saturated rings. The van der Waals surface area contributed by atoms with E-state index in [9.17, 15) is 9.59 Å². The Morgan fingerprint density at radius 1 is 1.13 bits per heavy atom. The predicted octanol–water partition coefficient (Wildman–Crippen LogP) is 4.39. The average molecular weight is 314 g/mol. The van der Waals surface area contributed by atoms with Gasteiger partial charge in [-0.25, -0.2) is 0 Å². The third-order valence-corrected chi connectivity index (χ3v) is 3.74. The normalized spacial score (nSPS) is 16.7. The van der Waals surface area contributed by atoms with Crippen LogP contribution in [0, 0.1) is 0 Å². The molecule has 1 unspecified atom stereocenters. The van der Waals surface area contributed by atoms with E-state index in [2.05, 4.69) is 18.7 Å². The maximum absolute atomic E-state index is 11.6. The lowest BCUT2D eigenvalue weighted by Gasteiger charge is -2.24. The minimum atomic E-state index is -0.409. The van der Waals surface area contributed by atoms with Crippen LogP contribution in [0.4, 0.5) is 0 Å². The minimum absolute atomic E-state index is 0.0479. The second-order valence-electron chi connectivity index (χ2n) is 5.79. The summed E-state index contributed by atoms with van der Waals surface area (Å²) in [5, 5.41) is 0. The van der Waals surface area contributed by atoms with Gasteiger partial charge in [0.25, 0.3) is 0 Å². The Balaban J connectivity index is 2.66. The van der Waals surface area contributed by atoms with Crippen LogP contribution in [0.5, 0.6) is 11.5 Å². The van der Waals surface area contributed by atoms with Crippen LogP contribution in [0.1, 0.15) is 57.1 Å². The number of hydrogen-bond donors (Lipinski definition) is 0. The fourth-order valence-corrected chi connectivity index (χ4v) is 2.82. The number of esters is 2. The molecule has 0 saturated heterocycles. The fourth-order valence-electron chi connectivity index (χ4n) is 2.82. The zero-order valence-corrected chi connectivity index (χ0v) is 13.8. The summed E-state index contributed by atoms with van der Waals surface area (Å²) in [7, 11) is 0. The van der Waals surface area contributed by atoms with E-state index < -0.39 is 11.9 Å². The number of hydrogen-bond acceptors (Lipinski definition) is 4. The van der Waals surface area contributed by atoms with E-state index in [0.29, 0.717) is 11.5 Å². The highest BCUT2D eigenvalue weighted by Crippen LogP contribution is 2.44. The highest BCUT2D eigenvalue weighted by Gasteiger charge is 2.25. The standard InChI is InChI=1S/C19H22O4/c1-12(2)16-10-11-17(22-13(3)20)18(19(16)23-14(4)21)15-8-6-5-7-9-15/h6,8,10-11,15H,1,5,7,9H2,2-4H3. The predicted molar refractivity (Wildman–Crippen MR) is 89.5 cm³/mol. The number of carbonyl (C=O) groups is 2. The van der Waals surface area contributed by atoms with Crippen molar-refractivity contribution in [1.29, 1.82) is 0 Å². The number of ether oxygens (including phenoxy) is 2. The molecule has 122 valence electrons. The molecule has 0 radical (unpaired) electrons. The topological polar surface area (TPSA) is 52.6 Å². The van der Waals surface area contributed by atoms with E-state index in [-0.39, 0.29) is 5.92 Å². The Labute approximate surface area is 136 Å². The van der Waals surface area contributed by atoms with E-state index >= 15 is 0 Å². The van der Waals surface area contributed by atoms with Gasteiger partial charge in [0.1, 0.15) is 11.5 Å². The average Bonchev–Trinajstić information content (AvgIpc) is 2.46. The van der Waals surface area contributed by atoms with Crippen LogP contribution in [-0.2, 0) is 9.59 Å². The fraction of sp³-hybridized carbons (Fsp3) is 0.368. The summed E-state index contributed by atoms with van der Waals surface area (Å²) in [5.41, 5.74) is 2.29. The van der Waals surface area contributed by atoms with Gasteiger partial charge in [-0.1, -0.05) is 18.7 Å². The molecule has 0 spiro atoms. The second-order valence-corrected chi connectivity index (χ2v) is 5.79. The molecule has 0 saturated carbocycles. The SMILES string of the molecule is C=C(C)c1ccc(OC(C)=O)c(C2C=CCCC2)c1OC(C)=O. The minimum Gasteiger partial charge on any atom is -0.426 e. The molecule has 0 bridgehead atoms. The number of benzene rings is 1. The maximum atomic E-state index is 11.6. The molecular formula is C19H22O4. The summed E-state index contributed by atoms with van der Waals surface area (Å²) >= 11 is 0. The highest BCUT2D eigenvalue weighted by molar-refractivity contribution is 5.79. The van der Waals surface area contributed by atoms with Crippen molar-refractivity contribution >= 4 is 17.5 Å². The largest absolute Gasteiger partial charge is 0.426 e. The van der Waals surface area contributed by atoms with Crippen LogP contribution >= 0.6 is 0 Å². The van der Waals surface area contributed by atoms with Crippen LogP contribution in [0.15, 0.2) is 30.9 Å². The third-order valence-electron chi connectivity index (χ3n) is 3.74. The quantitative estimate of drug-likeness (QED) is 0.470. The third kappa shape index (κ3) is 4.09. The van der Waals surface area contributed by atoms with Crippen molar-refractivity contribution in [3.8, 4) is 11.5 Å². The Morgan fingerprint density at radius 3 is 2.35 bits per heavy atom. The van der Waals surface area contributed by atoms with Crippen molar-refractivity contribution in [2.24, 2.45) is 0 Å². The van der Waals surface area contributed by atoms with Gasteiger partial charge >= 0.3 is 11.9 Å². The molecule has 0 aromatic heterocycles. The van der Waals surface area contributed by atoms with E-state index in [1.165, 1.54) is 13.8 Å². The highest BCUT2D eigenvalue weighted by atomic mass is 16.5. The zero-order chi connectivity index (χ0) is 17.0. The molecule has 1 aliphatic rings. The molecule has 0 N–H and O–H groups in total. The van der Waals surface area contributed by atoms with Gasteiger partial charge in [0.15, 0.2) is 0 Å². The summed E-state index contributed by atoms with van der Waals surface area (Å²) < 4.78 is 10.9. The molecule has 1 aromatic rings. The Kier molecular flexibility index (Phi) is 5.37. The molecule has 1 aromatic carbocycles. The lowest BCUT2D eigenvalue weighted by Crippen LogP contribution is -2.13. The smallest absolute Gasteiger partial charge is 0.308 e. The first-order valence-corrected chi connectivity index (χ1v) is 7.76. The summed E-state index contributed by atoms with van der Waals surface area (Å²) in [6.07, 6.45) is 7.18. The van der Waals surface area contributed by atoms with Crippen LogP contribution in [0.2, 0.25) is 0 Å². The first kappa shape index (κ1) is 17.0. The monoisotopic (exact) mass is 314 g/mol. The number of rotatable bonds is 4. The molecule has 2 rings (SSSR count). The van der Waals surface area contributed by atoms with Crippen molar-refractivity contribution in [3.05, 3.63) is 42.0 Å². The molecule has 1 aliphatic carbocycles.